The Morgan fingerprint density at radius 2 is 0.486 bits per heavy atom. The fourth-order valence-electron chi connectivity index (χ4n) is 10.2. The van der Waals surface area contributed by atoms with E-state index >= 15 is 0 Å². The van der Waals surface area contributed by atoms with Gasteiger partial charge in [-0.3, -0.25) is 14.4 Å². The molecule has 0 saturated heterocycles. The predicted molar refractivity (Wildman–Crippen MR) is 312 cm³/mol. The molecule has 0 rings (SSSR count). The summed E-state index contributed by atoms with van der Waals surface area (Å²) in [4.78, 5) is 38.4. The van der Waals surface area contributed by atoms with Crippen molar-refractivity contribution in [2.45, 2.75) is 375 Å². The highest BCUT2D eigenvalue weighted by Gasteiger charge is 2.20. The molecule has 0 aromatic heterocycles. The molecule has 0 amide bonds. The molecule has 2 unspecified atom stereocenters. The summed E-state index contributed by atoms with van der Waals surface area (Å²) in [6.45, 7) is 13.9. The van der Waals surface area contributed by atoms with E-state index in [0.717, 1.165) is 75.5 Å². The Morgan fingerprint density at radius 1 is 0.278 bits per heavy atom. The summed E-state index contributed by atoms with van der Waals surface area (Å²) in [6, 6.07) is 0. The molecule has 0 saturated carbocycles. The maximum atomic E-state index is 12.9. The van der Waals surface area contributed by atoms with Crippen molar-refractivity contribution >= 4 is 17.9 Å². The van der Waals surface area contributed by atoms with Gasteiger partial charge in [0.25, 0.3) is 0 Å². The first-order valence-corrected chi connectivity index (χ1v) is 32.7. The zero-order valence-corrected chi connectivity index (χ0v) is 49.7. The molecular weight excluding hydrogens is 889 g/mol. The molecule has 0 aliphatic rings. The second-order valence-electron chi connectivity index (χ2n) is 23.7. The Balaban J connectivity index is 4.30. The molecule has 428 valence electrons. The molecule has 6 heteroatoms. The Hall–Kier alpha value is -1.59. The predicted octanol–water partition coefficient (Wildman–Crippen LogP) is 21.8. The van der Waals surface area contributed by atoms with Gasteiger partial charge in [-0.25, -0.2) is 0 Å². The lowest BCUT2D eigenvalue weighted by Gasteiger charge is -2.18. The molecule has 0 bridgehead atoms. The van der Waals surface area contributed by atoms with Crippen LogP contribution in [-0.4, -0.2) is 37.2 Å². The lowest BCUT2D eigenvalue weighted by Crippen LogP contribution is -2.30. The quantitative estimate of drug-likeness (QED) is 0.0343. The monoisotopic (exact) mass is 1020 g/mol. The largest absolute Gasteiger partial charge is 0.462 e. The fraction of sp³-hybridized carbons (Fsp3) is 0.955. The maximum Gasteiger partial charge on any atom is 0.306 e. The van der Waals surface area contributed by atoms with Crippen molar-refractivity contribution in [1.82, 2.24) is 0 Å². The second kappa shape index (κ2) is 57.1. The van der Waals surface area contributed by atoms with E-state index in [9.17, 15) is 14.4 Å². The van der Waals surface area contributed by atoms with Crippen molar-refractivity contribution in [2.75, 3.05) is 13.2 Å². The number of esters is 3. The molecule has 0 aliphatic heterocycles. The lowest BCUT2D eigenvalue weighted by atomic mass is 9.99. The minimum Gasteiger partial charge on any atom is -0.462 e. The van der Waals surface area contributed by atoms with Gasteiger partial charge >= 0.3 is 17.9 Å². The van der Waals surface area contributed by atoms with Crippen LogP contribution in [0.4, 0.5) is 0 Å². The van der Waals surface area contributed by atoms with Crippen LogP contribution in [0.5, 0.6) is 0 Å². The molecule has 0 N–H and O–H groups in total. The molecule has 72 heavy (non-hydrogen) atoms. The first kappa shape index (κ1) is 70.4. The van der Waals surface area contributed by atoms with Crippen LogP contribution in [0.3, 0.4) is 0 Å². The summed E-state index contributed by atoms with van der Waals surface area (Å²) in [6.07, 6.45) is 62.3. The van der Waals surface area contributed by atoms with E-state index in [1.807, 2.05) is 0 Å². The molecule has 0 aromatic rings. The number of ether oxygens (including phenoxy) is 3. The van der Waals surface area contributed by atoms with E-state index in [1.165, 1.54) is 250 Å². The average molecular weight is 1020 g/mol. The summed E-state index contributed by atoms with van der Waals surface area (Å²) < 4.78 is 17.0. The van der Waals surface area contributed by atoms with Gasteiger partial charge in [-0.05, 0) is 37.0 Å². The van der Waals surface area contributed by atoms with E-state index in [2.05, 4.69) is 41.5 Å². The van der Waals surface area contributed by atoms with E-state index in [4.69, 9.17) is 14.2 Å². The lowest BCUT2D eigenvalue weighted by molar-refractivity contribution is -0.167. The third kappa shape index (κ3) is 56.1. The Morgan fingerprint density at radius 3 is 0.722 bits per heavy atom. The SMILES string of the molecule is CCC(C)CCCCCCCCCCCCCCCCC(=O)OC[C@H](COC(=O)CCCCCCCCCCCCCCCCCC(C)C)OC(=O)CCCCCCCCCCCCCCCCC(C)CC. The number of hydrogen-bond acceptors (Lipinski definition) is 6. The number of carbonyl (C=O) groups is 3. The van der Waals surface area contributed by atoms with E-state index in [1.54, 1.807) is 0 Å². The van der Waals surface area contributed by atoms with Gasteiger partial charge in [0.15, 0.2) is 6.10 Å². The number of hydrogen-bond donors (Lipinski definition) is 0. The highest BCUT2D eigenvalue weighted by molar-refractivity contribution is 5.71. The Kier molecular flexibility index (Phi) is 55.9. The standard InChI is InChI=1S/C66H128O6/c1-7-61(5)53-47-41-35-29-23-17-12-14-20-26-32-38-44-50-56-65(68)71-59-63(72-66(69)57-51-45-39-33-27-21-15-13-18-24-30-36-42-48-54-62(6)8-2)58-70-64(67)55-49-43-37-31-25-19-11-9-10-16-22-28-34-40-46-52-60(3)4/h60-63H,7-59H2,1-6H3/t61?,62?,63-/m0/s1. The molecule has 0 spiro atoms. The van der Waals surface area contributed by atoms with Crippen molar-refractivity contribution < 1.29 is 28.6 Å². The molecule has 6 nitrogen and oxygen atoms in total. The molecule has 0 aliphatic carbocycles. The van der Waals surface area contributed by atoms with Gasteiger partial charge in [-0.1, -0.05) is 330 Å². The first-order chi connectivity index (χ1) is 35.2. The van der Waals surface area contributed by atoms with Gasteiger partial charge in [0.1, 0.15) is 13.2 Å². The number of carbonyl (C=O) groups excluding carboxylic acids is 3. The minimum atomic E-state index is -0.765. The van der Waals surface area contributed by atoms with E-state index in [0.29, 0.717) is 19.3 Å². The van der Waals surface area contributed by atoms with E-state index in [-0.39, 0.29) is 31.1 Å². The molecule has 0 radical (unpaired) electrons. The van der Waals surface area contributed by atoms with Crippen LogP contribution < -0.4 is 0 Å². The van der Waals surface area contributed by atoms with Gasteiger partial charge in [-0.2, -0.15) is 0 Å². The molecule has 3 atom stereocenters. The topological polar surface area (TPSA) is 78.9 Å². The number of unbranched alkanes of at least 4 members (excludes halogenated alkanes) is 40. The maximum absolute atomic E-state index is 12.9. The zero-order valence-electron chi connectivity index (χ0n) is 49.7. The van der Waals surface area contributed by atoms with Gasteiger partial charge in [-0.15, -0.1) is 0 Å². The van der Waals surface area contributed by atoms with Crippen molar-refractivity contribution in [3.8, 4) is 0 Å². The Bertz CT molecular complexity index is 1120. The van der Waals surface area contributed by atoms with Crippen molar-refractivity contribution in [1.29, 1.82) is 0 Å². The summed E-state index contributed by atoms with van der Waals surface area (Å²) in [5, 5.41) is 0. The van der Waals surface area contributed by atoms with Gasteiger partial charge in [0.2, 0.25) is 0 Å². The third-order valence-corrected chi connectivity index (χ3v) is 15.9. The summed E-state index contributed by atoms with van der Waals surface area (Å²) in [5.41, 5.74) is 0. The van der Waals surface area contributed by atoms with Gasteiger partial charge < -0.3 is 14.2 Å². The van der Waals surface area contributed by atoms with Crippen LogP contribution in [-0.2, 0) is 28.6 Å². The normalized spacial score (nSPS) is 12.9. The van der Waals surface area contributed by atoms with Crippen LogP contribution in [0, 0.1) is 17.8 Å². The summed E-state index contributed by atoms with van der Waals surface area (Å²) >= 11 is 0. The smallest absolute Gasteiger partial charge is 0.306 e. The van der Waals surface area contributed by atoms with E-state index < -0.39 is 6.10 Å². The van der Waals surface area contributed by atoms with Crippen LogP contribution in [0.15, 0.2) is 0 Å². The molecular formula is C66H128O6. The second-order valence-corrected chi connectivity index (χ2v) is 23.7. The van der Waals surface area contributed by atoms with Crippen LogP contribution in [0.25, 0.3) is 0 Å². The van der Waals surface area contributed by atoms with Crippen molar-refractivity contribution in [3.63, 3.8) is 0 Å². The summed E-state index contributed by atoms with van der Waals surface area (Å²) in [7, 11) is 0. The van der Waals surface area contributed by atoms with Gasteiger partial charge in [0, 0.05) is 19.3 Å². The summed E-state index contributed by atoms with van der Waals surface area (Å²) in [5.74, 6) is 1.81. The minimum absolute atomic E-state index is 0.0624. The number of rotatable bonds is 59. The highest BCUT2D eigenvalue weighted by Crippen LogP contribution is 2.20. The molecule has 0 aromatic carbocycles. The zero-order chi connectivity index (χ0) is 52.6. The highest BCUT2D eigenvalue weighted by atomic mass is 16.6. The van der Waals surface area contributed by atoms with Crippen LogP contribution in [0.1, 0.15) is 369 Å². The van der Waals surface area contributed by atoms with Crippen molar-refractivity contribution in [2.24, 2.45) is 17.8 Å². The third-order valence-electron chi connectivity index (χ3n) is 15.9. The first-order valence-electron chi connectivity index (χ1n) is 32.7. The Labute approximate surface area is 450 Å². The average Bonchev–Trinajstić information content (AvgIpc) is 3.37. The molecule has 0 fully saturated rings. The van der Waals surface area contributed by atoms with Crippen molar-refractivity contribution in [3.05, 3.63) is 0 Å². The van der Waals surface area contributed by atoms with Crippen LogP contribution >= 0.6 is 0 Å². The van der Waals surface area contributed by atoms with Gasteiger partial charge in [0.05, 0.1) is 0 Å². The van der Waals surface area contributed by atoms with Crippen LogP contribution in [0.2, 0.25) is 0 Å². The molecule has 0 heterocycles. The fourth-order valence-corrected chi connectivity index (χ4v) is 10.2.